The lowest BCUT2D eigenvalue weighted by Gasteiger charge is -2.10. The molecule has 1 aromatic carbocycles. The van der Waals surface area contributed by atoms with Crippen molar-refractivity contribution in [2.24, 2.45) is 0 Å². The predicted octanol–water partition coefficient (Wildman–Crippen LogP) is 4.09. The Kier molecular flexibility index (Phi) is 2.72. The third-order valence-corrected chi connectivity index (χ3v) is 2.56. The van der Waals surface area contributed by atoms with E-state index in [-0.39, 0.29) is 12.1 Å². The molecule has 0 unspecified atom stereocenters. The summed E-state index contributed by atoms with van der Waals surface area (Å²) in [6.07, 6.45) is -3.16. The maximum absolute atomic E-state index is 12.9. The maximum Gasteiger partial charge on any atom is 0.408 e. The second kappa shape index (κ2) is 4.08. The Hall–Kier alpha value is -2.47. The summed E-state index contributed by atoms with van der Waals surface area (Å²) in [5.41, 5.74) is -1.04. The lowest BCUT2D eigenvalue weighted by atomic mass is 10.1. The van der Waals surface area contributed by atoms with E-state index >= 15 is 0 Å². The topological polar surface area (TPSA) is 13.6 Å². The minimum absolute atomic E-state index is 0.0420. The van der Waals surface area contributed by atoms with Gasteiger partial charge in [0.25, 0.3) is 6.67 Å². The third kappa shape index (κ3) is 1.78. The van der Waals surface area contributed by atoms with Crippen LogP contribution < -0.4 is 0 Å². The van der Waals surface area contributed by atoms with Crippen LogP contribution in [0.25, 0.3) is 20.6 Å². The highest BCUT2D eigenvalue weighted by atomic mass is 19.4. The molecule has 0 saturated heterocycles. The van der Waals surface area contributed by atoms with Crippen molar-refractivity contribution in [1.82, 2.24) is 4.57 Å². The van der Waals surface area contributed by atoms with Crippen molar-refractivity contribution in [2.75, 3.05) is 0 Å². The fourth-order valence-corrected chi connectivity index (χ4v) is 1.85. The molecule has 0 aliphatic carbocycles. The quantitative estimate of drug-likeness (QED) is 0.676. The Labute approximate surface area is 101 Å². The first kappa shape index (κ1) is 12.0. The van der Waals surface area contributed by atoms with Crippen LogP contribution in [0.1, 0.15) is 5.56 Å². The zero-order valence-corrected chi connectivity index (χ0v) is 8.99. The molecule has 0 aliphatic heterocycles. The van der Waals surface area contributed by atoms with Crippen LogP contribution in [0.15, 0.2) is 24.4 Å². The zero-order valence-electron chi connectivity index (χ0n) is 8.99. The number of hydrogen-bond donors (Lipinski definition) is 0. The summed E-state index contributed by atoms with van der Waals surface area (Å²) in [5.74, 6) is 0. The van der Waals surface area contributed by atoms with Crippen molar-refractivity contribution >= 4 is 16.6 Å². The van der Waals surface area contributed by atoms with Gasteiger partial charge in [0, 0.05) is 11.6 Å². The van der Waals surface area contributed by atoms with Crippen LogP contribution in [-0.4, -0.2) is 4.57 Å². The highest BCUT2D eigenvalue weighted by Crippen LogP contribution is 2.41. The number of benzene rings is 1. The number of nitrogens with zero attached hydrogens (tertiary/aromatic N) is 3. The van der Waals surface area contributed by atoms with E-state index in [4.69, 9.17) is 13.1 Å². The van der Waals surface area contributed by atoms with E-state index in [1.807, 2.05) is 0 Å². The molecule has 2 rings (SSSR count). The molecule has 0 aliphatic rings. The molecule has 0 bridgehead atoms. The summed E-state index contributed by atoms with van der Waals surface area (Å²) in [4.78, 5) is 6.04. The summed E-state index contributed by atoms with van der Waals surface area (Å²) >= 11 is 0. The highest BCUT2D eigenvalue weighted by Gasteiger charge is 2.35. The number of alkyl halides is 3. The van der Waals surface area contributed by atoms with Crippen molar-refractivity contribution in [3.8, 4) is 0 Å². The van der Waals surface area contributed by atoms with Gasteiger partial charge in [-0.3, -0.25) is 9.41 Å². The van der Waals surface area contributed by atoms with Gasteiger partial charge in [-0.15, -0.1) is 0 Å². The van der Waals surface area contributed by atoms with E-state index in [1.54, 1.807) is 0 Å². The molecule has 0 amide bonds. The molecular weight excluding hydrogens is 243 g/mol. The van der Waals surface area contributed by atoms with Gasteiger partial charge in [-0.2, -0.15) is 13.2 Å². The second-order valence-electron chi connectivity index (χ2n) is 3.59. The summed E-state index contributed by atoms with van der Waals surface area (Å²) in [6.45, 7) is 13.5. The van der Waals surface area contributed by atoms with Gasteiger partial charge in [-0.05, 0) is 12.1 Å². The molecule has 90 valence electrons. The van der Waals surface area contributed by atoms with Gasteiger partial charge in [-0.25, -0.2) is 11.4 Å². The van der Waals surface area contributed by atoms with E-state index in [9.17, 15) is 13.2 Å². The van der Waals surface area contributed by atoms with Crippen molar-refractivity contribution in [3.05, 3.63) is 52.8 Å². The maximum atomic E-state index is 12.9. The Morgan fingerprint density at radius 1 is 1.17 bits per heavy atom. The normalized spacial score (nSPS) is 11.2. The van der Waals surface area contributed by atoms with Gasteiger partial charge in [0.2, 0.25) is 0 Å². The molecule has 1 heterocycles. The van der Waals surface area contributed by atoms with Crippen LogP contribution in [0.5, 0.6) is 0 Å². The first-order valence-corrected chi connectivity index (χ1v) is 4.88. The summed E-state index contributed by atoms with van der Waals surface area (Å²) in [5, 5.41) is -0.0420. The zero-order chi connectivity index (χ0) is 13.3. The Balaban J connectivity index is 2.82. The molecule has 0 spiro atoms. The molecule has 1 aromatic heterocycles. The number of fused-ring (bicyclic) bond motifs is 1. The fourth-order valence-electron chi connectivity index (χ4n) is 1.85. The lowest BCUT2D eigenvalue weighted by molar-refractivity contribution is -0.135. The first-order valence-electron chi connectivity index (χ1n) is 4.88. The van der Waals surface area contributed by atoms with Crippen molar-refractivity contribution in [2.45, 2.75) is 12.8 Å². The minimum atomic E-state index is -4.58. The molecule has 0 atom stereocenters. The molecule has 0 saturated carbocycles. The molecule has 2 aromatic rings. The Morgan fingerprint density at radius 3 is 2.44 bits per heavy atom. The molecular formula is C12H6F3N3. The molecule has 0 fully saturated rings. The fraction of sp³-hybridized carbons (Fsp3) is 0.167. The van der Waals surface area contributed by atoms with Gasteiger partial charge in [-0.1, -0.05) is 6.07 Å². The largest absolute Gasteiger partial charge is 0.408 e. The molecule has 6 heteroatoms. The van der Waals surface area contributed by atoms with E-state index in [0.717, 1.165) is 6.07 Å². The second-order valence-corrected chi connectivity index (χ2v) is 3.59. The number of halogens is 3. The lowest BCUT2D eigenvalue weighted by Crippen LogP contribution is -2.06. The van der Waals surface area contributed by atoms with E-state index in [1.165, 1.54) is 22.9 Å². The van der Waals surface area contributed by atoms with Crippen molar-refractivity contribution in [3.63, 3.8) is 0 Å². The predicted molar refractivity (Wildman–Crippen MR) is 59.8 cm³/mol. The monoisotopic (exact) mass is 249 g/mol. The van der Waals surface area contributed by atoms with Crippen LogP contribution in [0, 0.1) is 13.1 Å². The average molecular weight is 249 g/mol. The van der Waals surface area contributed by atoms with Crippen LogP contribution in [0.3, 0.4) is 0 Å². The smallest absolute Gasteiger partial charge is 0.293 e. The summed E-state index contributed by atoms with van der Waals surface area (Å²) in [6, 6.07) is 3.86. The number of rotatable bonds is 1. The van der Waals surface area contributed by atoms with Crippen LogP contribution in [0.4, 0.5) is 18.9 Å². The minimum Gasteiger partial charge on any atom is -0.293 e. The SMILES string of the molecule is [C-]#[N+]Cn1ccc2c(C(F)(F)F)c([N+]#[C-])ccc21. The Morgan fingerprint density at radius 2 is 1.89 bits per heavy atom. The molecule has 0 N–H and O–H groups in total. The van der Waals surface area contributed by atoms with Gasteiger partial charge < -0.3 is 0 Å². The third-order valence-electron chi connectivity index (χ3n) is 2.56. The molecule has 18 heavy (non-hydrogen) atoms. The standard InChI is InChI=1S/C12H6F3N3/c1-16-7-18-6-5-8-10(18)4-3-9(17-2)11(8)12(13,14)15/h3-6H,7H2. The van der Waals surface area contributed by atoms with E-state index < -0.39 is 17.4 Å². The van der Waals surface area contributed by atoms with Crippen molar-refractivity contribution in [1.29, 1.82) is 0 Å². The number of aromatic nitrogens is 1. The van der Waals surface area contributed by atoms with E-state index in [0.29, 0.717) is 5.52 Å². The van der Waals surface area contributed by atoms with Gasteiger partial charge in [0.15, 0.2) is 5.69 Å². The van der Waals surface area contributed by atoms with Gasteiger partial charge in [0.05, 0.1) is 17.7 Å². The van der Waals surface area contributed by atoms with Crippen LogP contribution >= 0.6 is 0 Å². The Bertz CT molecular complexity index is 683. The molecule has 0 radical (unpaired) electrons. The van der Waals surface area contributed by atoms with Crippen LogP contribution in [0.2, 0.25) is 0 Å². The average Bonchev–Trinajstić information content (AvgIpc) is 2.70. The number of hydrogen-bond acceptors (Lipinski definition) is 0. The summed E-state index contributed by atoms with van der Waals surface area (Å²) < 4.78 is 40.3. The highest BCUT2D eigenvalue weighted by molar-refractivity contribution is 5.89. The van der Waals surface area contributed by atoms with E-state index in [2.05, 4.69) is 9.69 Å². The summed E-state index contributed by atoms with van der Waals surface area (Å²) in [7, 11) is 0. The van der Waals surface area contributed by atoms with Gasteiger partial charge >= 0.3 is 6.18 Å². The van der Waals surface area contributed by atoms with Crippen molar-refractivity contribution < 1.29 is 13.2 Å². The first-order chi connectivity index (χ1) is 8.49. The van der Waals surface area contributed by atoms with Crippen LogP contribution in [-0.2, 0) is 12.8 Å². The van der Waals surface area contributed by atoms with Gasteiger partial charge in [0.1, 0.15) is 0 Å². The molecule has 3 nitrogen and oxygen atoms in total.